The maximum atomic E-state index is 13.1. The molecular weight excluding hydrogens is 769 g/mol. The van der Waals surface area contributed by atoms with Crippen molar-refractivity contribution in [3.63, 3.8) is 0 Å². The minimum absolute atomic E-state index is 0. The van der Waals surface area contributed by atoms with Gasteiger partial charge in [0.05, 0.1) is 23.0 Å². The summed E-state index contributed by atoms with van der Waals surface area (Å²) in [5.41, 5.74) is -0.530. The van der Waals surface area contributed by atoms with Crippen LogP contribution in [0.15, 0.2) is 58.3 Å². The predicted octanol–water partition coefficient (Wildman–Crippen LogP) is -15.0. The number of hydrogen-bond acceptors (Lipinski definition) is 20. The first kappa shape index (κ1) is 52.5. The van der Waals surface area contributed by atoms with Crippen molar-refractivity contribution in [3.05, 3.63) is 48.5 Å². The van der Waals surface area contributed by atoms with Crippen LogP contribution in [-0.4, -0.2) is 158 Å². The van der Waals surface area contributed by atoms with Gasteiger partial charge < -0.3 is 70.8 Å². The van der Waals surface area contributed by atoms with Gasteiger partial charge in [-0.05, 0) is 48.5 Å². The van der Waals surface area contributed by atoms with Crippen LogP contribution in [0.4, 0.5) is 11.4 Å². The molecule has 2 aromatic carbocycles. The third-order valence-corrected chi connectivity index (χ3v) is 10.6. The molecule has 0 aliphatic rings. The maximum Gasteiger partial charge on any atom is 1.00 e. The molecule has 2 rings (SSSR count). The Hall–Kier alpha value is 0.410. The topological polar surface area (TPSA) is 375 Å². The van der Waals surface area contributed by atoms with E-state index < -0.39 is 113 Å². The van der Waals surface area contributed by atoms with Crippen molar-refractivity contribution in [1.29, 1.82) is 0 Å². The molecule has 0 aromatic heterocycles. The minimum atomic E-state index is -5.47. The summed E-state index contributed by atoms with van der Waals surface area (Å²) in [5, 5.41) is 95.6. The molecule has 50 heavy (non-hydrogen) atoms. The van der Waals surface area contributed by atoms with E-state index in [2.05, 4.69) is 10.6 Å². The summed E-state index contributed by atoms with van der Waals surface area (Å²) in [6.45, 7) is -2.16. The number of hydrogen-bond donors (Lipinski definition) is 12. The standard InChI is InChI=1S/C24H36N2O18S3.3Na/c27-9-15(29)17(31)19(33)21(35)23(46(39,40)41)25-11-1-5-13(6-2-11)45(37,38)14-7-3-12(4-8-14)26-24(47(42,43)44)22(36)20(34)18(32)16(30)10-28;;;/h1-8,15-36H,9-10H2,(H,39,40,41)(H,42,43,44);;;/q;3*+1/p-2/t15-,16-,17-,18-,19+,20+,21-,22-,23-,24+;;;/m1.../s1. The normalized spacial score (nSPS) is 18.2. The molecule has 0 unspecified atom stereocenters. The molecule has 12 N–H and O–H groups in total. The molecule has 268 valence electrons. The molecule has 0 aliphatic carbocycles. The van der Waals surface area contributed by atoms with Gasteiger partial charge in [-0.2, -0.15) is 0 Å². The second-order valence-electron chi connectivity index (χ2n) is 10.1. The van der Waals surface area contributed by atoms with Crippen molar-refractivity contribution < 1.29 is 174 Å². The van der Waals surface area contributed by atoms with Gasteiger partial charge >= 0.3 is 88.7 Å². The van der Waals surface area contributed by atoms with Crippen LogP contribution in [0, 0.1) is 0 Å². The van der Waals surface area contributed by atoms with Crippen molar-refractivity contribution >= 4 is 41.4 Å². The van der Waals surface area contributed by atoms with Crippen molar-refractivity contribution in [3.8, 4) is 0 Å². The van der Waals surface area contributed by atoms with Crippen LogP contribution < -0.4 is 99.3 Å². The van der Waals surface area contributed by atoms with Crippen LogP contribution in [0.5, 0.6) is 0 Å². The summed E-state index contributed by atoms with van der Waals surface area (Å²) in [4.78, 5) is -0.829. The number of rotatable bonds is 18. The second kappa shape index (κ2) is 22.1. The molecular formula is C24H34N2Na3O18S3+. The van der Waals surface area contributed by atoms with E-state index in [9.17, 15) is 75.2 Å². The largest absolute Gasteiger partial charge is 1.00 e. The summed E-state index contributed by atoms with van der Waals surface area (Å²) in [6.07, 6.45) is -18.5. The monoisotopic (exact) mass is 803 g/mol. The van der Waals surface area contributed by atoms with Crippen molar-refractivity contribution in [2.24, 2.45) is 0 Å². The van der Waals surface area contributed by atoms with Crippen LogP contribution in [-0.2, 0) is 30.1 Å². The van der Waals surface area contributed by atoms with E-state index in [4.69, 9.17) is 10.2 Å². The molecule has 20 nitrogen and oxygen atoms in total. The number of aliphatic hydroxyl groups is 10. The zero-order chi connectivity index (χ0) is 36.1. The summed E-state index contributed by atoms with van der Waals surface area (Å²) in [5.74, 6) is 0. The van der Waals surface area contributed by atoms with Crippen LogP contribution >= 0.6 is 0 Å². The Morgan fingerprint density at radius 1 is 0.480 bits per heavy atom. The van der Waals surface area contributed by atoms with E-state index in [-0.39, 0.29) is 100 Å². The Morgan fingerprint density at radius 2 is 0.740 bits per heavy atom. The van der Waals surface area contributed by atoms with E-state index in [0.717, 1.165) is 48.5 Å². The fourth-order valence-electron chi connectivity index (χ4n) is 4.02. The molecule has 0 aliphatic heterocycles. The first-order valence-electron chi connectivity index (χ1n) is 13.1. The van der Waals surface area contributed by atoms with Crippen LogP contribution in [0.3, 0.4) is 0 Å². The minimum Gasteiger partial charge on any atom is -0.746 e. The van der Waals surface area contributed by atoms with Gasteiger partial charge in [-0.15, -0.1) is 0 Å². The molecule has 10 atom stereocenters. The Labute approximate surface area is 353 Å². The first-order valence-corrected chi connectivity index (χ1v) is 17.5. The third-order valence-electron chi connectivity index (χ3n) is 6.75. The predicted molar refractivity (Wildman–Crippen MR) is 155 cm³/mol. The van der Waals surface area contributed by atoms with Crippen molar-refractivity contribution in [1.82, 2.24) is 0 Å². The Kier molecular flexibility index (Phi) is 23.2. The molecule has 0 spiro atoms. The zero-order valence-electron chi connectivity index (χ0n) is 26.8. The van der Waals surface area contributed by atoms with Crippen molar-refractivity contribution in [2.45, 2.75) is 69.4 Å². The van der Waals surface area contributed by atoms with E-state index in [1.807, 2.05) is 0 Å². The summed E-state index contributed by atoms with van der Waals surface area (Å²) in [7, 11) is -15.3. The number of anilines is 2. The fourth-order valence-corrected chi connectivity index (χ4v) is 6.84. The SMILES string of the molecule is O=S(=O)(c1ccc(N[C@H]([C@H](O)[C@@H](O)[C@H](O)[C@H](O)CO)S(=O)(=O)[O-])cc1)c1ccc(N[C@@H]([C@H](O)[C@@H](O)[C@H](O)[C@H](O)CO)S(=O)(=O)[O-])cc1.[Na+].[Na+].[Na+]. The summed E-state index contributed by atoms with van der Waals surface area (Å²) in [6, 6.07) is 7.64. The Balaban J connectivity index is 0. The smallest absolute Gasteiger partial charge is 0.746 e. The molecule has 0 saturated heterocycles. The first-order chi connectivity index (χ1) is 21.6. The number of benzene rings is 2. The van der Waals surface area contributed by atoms with E-state index >= 15 is 0 Å². The molecule has 0 heterocycles. The molecule has 26 heteroatoms. The second-order valence-corrected chi connectivity index (χ2v) is 15.0. The van der Waals surface area contributed by atoms with Crippen LogP contribution in [0.2, 0.25) is 0 Å². The van der Waals surface area contributed by atoms with Gasteiger partial charge in [-0.25, -0.2) is 25.3 Å². The van der Waals surface area contributed by atoms with E-state index in [0.29, 0.717) is 0 Å². The van der Waals surface area contributed by atoms with E-state index in [1.54, 1.807) is 0 Å². The van der Waals surface area contributed by atoms with Gasteiger partial charge in [0.15, 0.2) is 0 Å². The zero-order valence-corrected chi connectivity index (χ0v) is 35.2. The molecule has 2 aromatic rings. The van der Waals surface area contributed by atoms with Gasteiger partial charge in [0.25, 0.3) is 0 Å². The average molecular weight is 804 g/mol. The van der Waals surface area contributed by atoms with Gasteiger partial charge in [0.1, 0.15) is 79.8 Å². The molecule has 0 amide bonds. The Morgan fingerprint density at radius 3 is 0.960 bits per heavy atom. The van der Waals surface area contributed by atoms with Crippen LogP contribution in [0.1, 0.15) is 0 Å². The van der Waals surface area contributed by atoms with Gasteiger partial charge in [-0.1, -0.05) is 0 Å². The third kappa shape index (κ3) is 13.9. The average Bonchev–Trinajstić information content (AvgIpc) is 3.02. The Bertz CT molecular complexity index is 1520. The van der Waals surface area contributed by atoms with Gasteiger partial charge in [0.2, 0.25) is 9.84 Å². The van der Waals surface area contributed by atoms with E-state index in [1.165, 1.54) is 0 Å². The molecule has 0 fully saturated rings. The quantitative estimate of drug-likeness (QED) is 0.0492. The van der Waals surface area contributed by atoms with Gasteiger partial charge in [-0.3, -0.25) is 0 Å². The maximum absolute atomic E-state index is 13.1. The number of aliphatic hydroxyl groups excluding tert-OH is 10. The molecule has 0 saturated carbocycles. The summed E-state index contributed by atoms with van der Waals surface area (Å²) < 4.78 is 96.8. The number of nitrogens with one attached hydrogen (secondary N) is 2. The van der Waals surface area contributed by atoms with Crippen LogP contribution in [0.25, 0.3) is 0 Å². The number of sulfone groups is 1. The van der Waals surface area contributed by atoms with Gasteiger partial charge in [0, 0.05) is 11.4 Å². The summed E-state index contributed by atoms with van der Waals surface area (Å²) >= 11 is 0. The fraction of sp³-hybridized carbons (Fsp3) is 0.500. The molecule has 0 radical (unpaired) electrons. The van der Waals surface area contributed by atoms with Crippen molar-refractivity contribution in [2.75, 3.05) is 23.8 Å². The molecule has 0 bridgehead atoms.